The van der Waals surface area contributed by atoms with Gasteiger partial charge in [0.05, 0.1) is 12.1 Å². The van der Waals surface area contributed by atoms with Crippen molar-refractivity contribution in [2.45, 2.75) is 44.2 Å². The first kappa shape index (κ1) is 14.2. The molecule has 0 radical (unpaired) electrons. The van der Waals surface area contributed by atoms with Gasteiger partial charge in [-0.25, -0.2) is 0 Å². The predicted molar refractivity (Wildman–Crippen MR) is 68.7 cm³/mol. The van der Waals surface area contributed by atoms with Crippen LogP contribution in [0.2, 0.25) is 0 Å². The SMILES string of the molecule is C=CCCCCCN(C)C(=O)[C@@H]1C[C@@H](O)CN1. The third-order valence-electron chi connectivity index (χ3n) is 3.18. The van der Waals surface area contributed by atoms with E-state index < -0.39 is 0 Å². The summed E-state index contributed by atoms with van der Waals surface area (Å²) in [5, 5.41) is 12.4. The Hall–Kier alpha value is -0.870. The van der Waals surface area contributed by atoms with Gasteiger partial charge in [0, 0.05) is 20.1 Å². The average molecular weight is 240 g/mol. The van der Waals surface area contributed by atoms with Crippen molar-refractivity contribution in [3.05, 3.63) is 12.7 Å². The van der Waals surface area contributed by atoms with Crippen LogP contribution < -0.4 is 5.32 Å². The van der Waals surface area contributed by atoms with Gasteiger partial charge in [-0.1, -0.05) is 12.5 Å². The van der Waals surface area contributed by atoms with Crippen molar-refractivity contribution in [1.82, 2.24) is 10.2 Å². The Labute approximate surface area is 104 Å². The molecule has 0 bridgehead atoms. The molecule has 17 heavy (non-hydrogen) atoms. The van der Waals surface area contributed by atoms with Gasteiger partial charge in [0.15, 0.2) is 0 Å². The van der Waals surface area contributed by atoms with Crippen LogP contribution in [-0.4, -0.2) is 48.2 Å². The van der Waals surface area contributed by atoms with Crippen LogP contribution in [0.25, 0.3) is 0 Å². The number of hydrogen-bond acceptors (Lipinski definition) is 3. The highest BCUT2D eigenvalue weighted by molar-refractivity contribution is 5.82. The molecular weight excluding hydrogens is 216 g/mol. The lowest BCUT2D eigenvalue weighted by molar-refractivity contribution is -0.132. The van der Waals surface area contributed by atoms with Gasteiger partial charge in [-0.15, -0.1) is 6.58 Å². The van der Waals surface area contributed by atoms with Gasteiger partial charge in [0.2, 0.25) is 5.91 Å². The van der Waals surface area contributed by atoms with Crippen molar-refractivity contribution < 1.29 is 9.90 Å². The number of allylic oxidation sites excluding steroid dienone is 1. The summed E-state index contributed by atoms with van der Waals surface area (Å²) in [6.07, 6.45) is 6.46. The van der Waals surface area contributed by atoms with Crippen LogP contribution in [0.1, 0.15) is 32.1 Å². The summed E-state index contributed by atoms with van der Waals surface area (Å²) in [6, 6.07) is -0.192. The number of nitrogens with one attached hydrogen (secondary N) is 1. The lowest BCUT2D eigenvalue weighted by Crippen LogP contribution is -2.41. The van der Waals surface area contributed by atoms with Crippen molar-refractivity contribution >= 4 is 5.91 Å². The second-order valence-electron chi connectivity index (χ2n) is 4.75. The quantitative estimate of drug-likeness (QED) is 0.514. The predicted octanol–water partition coefficient (Wildman–Crippen LogP) is 0.914. The van der Waals surface area contributed by atoms with E-state index in [1.807, 2.05) is 13.1 Å². The summed E-state index contributed by atoms with van der Waals surface area (Å²) in [4.78, 5) is 13.7. The number of aliphatic hydroxyl groups is 1. The molecule has 2 atom stereocenters. The Morgan fingerprint density at radius 1 is 1.53 bits per heavy atom. The second-order valence-corrected chi connectivity index (χ2v) is 4.75. The summed E-state index contributed by atoms with van der Waals surface area (Å²) >= 11 is 0. The Morgan fingerprint density at radius 2 is 2.29 bits per heavy atom. The molecule has 0 saturated carbocycles. The average Bonchev–Trinajstić information content (AvgIpc) is 2.74. The van der Waals surface area contributed by atoms with Crippen LogP contribution in [0.4, 0.5) is 0 Å². The first-order valence-corrected chi connectivity index (χ1v) is 6.42. The minimum Gasteiger partial charge on any atom is -0.392 e. The molecule has 1 aliphatic heterocycles. The molecule has 1 fully saturated rings. The van der Waals surface area contributed by atoms with E-state index in [2.05, 4.69) is 11.9 Å². The molecule has 0 aromatic heterocycles. The summed E-state index contributed by atoms with van der Waals surface area (Å²) in [6.45, 7) is 5.01. The van der Waals surface area contributed by atoms with Gasteiger partial charge in [-0.05, 0) is 25.7 Å². The van der Waals surface area contributed by atoms with E-state index in [-0.39, 0.29) is 18.1 Å². The number of carbonyl (C=O) groups is 1. The summed E-state index contributed by atoms with van der Waals surface area (Å²) in [5.74, 6) is 0.102. The number of hydrogen-bond donors (Lipinski definition) is 2. The maximum absolute atomic E-state index is 11.9. The van der Waals surface area contributed by atoms with E-state index in [0.717, 1.165) is 32.2 Å². The van der Waals surface area contributed by atoms with Crippen LogP contribution in [0.5, 0.6) is 0 Å². The van der Waals surface area contributed by atoms with Crippen molar-refractivity contribution in [3.63, 3.8) is 0 Å². The normalized spacial score (nSPS) is 23.6. The molecule has 2 N–H and O–H groups in total. The molecule has 4 nitrogen and oxygen atoms in total. The number of nitrogens with zero attached hydrogens (tertiary/aromatic N) is 1. The zero-order valence-electron chi connectivity index (χ0n) is 10.7. The van der Waals surface area contributed by atoms with Crippen molar-refractivity contribution in [3.8, 4) is 0 Å². The molecule has 0 spiro atoms. The van der Waals surface area contributed by atoms with E-state index in [4.69, 9.17) is 0 Å². The third kappa shape index (κ3) is 4.88. The summed E-state index contributed by atoms with van der Waals surface area (Å²) < 4.78 is 0. The number of aliphatic hydroxyl groups excluding tert-OH is 1. The van der Waals surface area contributed by atoms with E-state index >= 15 is 0 Å². The van der Waals surface area contributed by atoms with E-state index in [0.29, 0.717) is 13.0 Å². The highest BCUT2D eigenvalue weighted by atomic mass is 16.3. The maximum Gasteiger partial charge on any atom is 0.239 e. The molecule has 1 rings (SSSR count). The maximum atomic E-state index is 11.9. The second kappa shape index (κ2) is 7.45. The minimum atomic E-state index is -0.370. The fraction of sp³-hybridized carbons (Fsp3) is 0.769. The summed E-state index contributed by atoms with van der Waals surface area (Å²) in [7, 11) is 1.84. The van der Waals surface area contributed by atoms with Gasteiger partial charge in [0.25, 0.3) is 0 Å². The van der Waals surface area contributed by atoms with Gasteiger partial charge in [0.1, 0.15) is 0 Å². The molecule has 1 saturated heterocycles. The van der Waals surface area contributed by atoms with Gasteiger partial charge in [-0.3, -0.25) is 4.79 Å². The van der Waals surface area contributed by atoms with Gasteiger partial charge >= 0.3 is 0 Å². The van der Waals surface area contributed by atoms with E-state index in [1.165, 1.54) is 0 Å². The highest BCUT2D eigenvalue weighted by Crippen LogP contribution is 2.09. The Morgan fingerprint density at radius 3 is 2.88 bits per heavy atom. The number of amides is 1. The zero-order chi connectivity index (χ0) is 12.7. The van der Waals surface area contributed by atoms with Crippen molar-refractivity contribution in [1.29, 1.82) is 0 Å². The summed E-state index contributed by atoms with van der Waals surface area (Å²) in [5.41, 5.74) is 0. The van der Waals surface area contributed by atoms with E-state index in [1.54, 1.807) is 4.90 Å². The molecule has 0 aliphatic carbocycles. The van der Waals surface area contributed by atoms with Crippen molar-refractivity contribution in [2.24, 2.45) is 0 Å². The first-order valence-electron chi connectivity index (χ1n) is 6.42. The fourth-order valence-electron chi connectivity index (χ4n) is 2.10. The van der Waals surface area contributed by atoms with E-state index in [9.17, 15) is 9.90 Å². The topological polar surface area (TPSA) is 52.6 Å². The lowest BCUT2D eigenvalue weighted by Gasteiger charge is -2.21. The number of unbranched alkanes of at least 4 members (excludes halogenated alkanes) is 3. The molecule has 1 aliphatic rings. The highest BCUT2D eigenvalue weighted by Gasteiger charge is 2.29. The Kier molecular flexibility index (Phi) is 6.22. The number of β-amino-alcohol motifs (C(OH)–C–C–N with tert-alkyl or cyclic N) is 1. The van der Waals surface area contributed by atoms with Crippen LogP contribution >= 0.6 is 0 Å². The van der Waals surface area contributed by atoms with Gasteiger partial charge < -0.3 is 15.3 Å². The molecule has 4 heteroatoms. The van der Waals surface area contributed by atoms with Crippen LogP contribution in [0.3, 0.4) is 0 Å². The molecular formula is C13H24N2O2. The monoisotopic (exact) mass is 240 g/mol. The standard InChI is InChI=1S/C13H24N2O2/c1-3-4-5-6-7-8-15(2)13(17)12-9-11(16)10-14-12/h3,11-12,14,16H,1,4-10H2,2H3/t11-,12+/m1/s1. The molecule has 0 aromatic carbocycles. The van der Waals surface area contributed by atoms with Crippen LogP contribution in [0.15, 0.2) is 12.7 Å². The number of likely N-dealkylation sites (N-methyl/N-ethyl adjacent to an activating group) is 1. The van der Waals surface area contributed by atoms with Gasteiger partial charge in [-0.2, -0.15) is 0 Å². The molecule has 0 aromatic rings. The third-order valence-corrected chi connectivity index (χ3v) is 3.18. The first-order chi connectivity index (χ1) is 8.15. The number of carbonyl (C=O) groups excluding carboxylic acids is 1. The fourth-order valence-corrected chi connectivity index (χ4v) is 2.10. The van der Waals surface area contributed by atoms with Crippen molar-refractivity contribution in [2.75, 3.05) is 20.1 Å². The Bertz CT molecular complexity index is 256. The molecule has 1 heterocycles. The lowest BCUT2D eigenvalue weighted by atomic mass is 10.1. The van der Waals surface area contributed by atoms with Crippen LogP contribution in [-0.2, 0) is 4.79 Å². The number of rotatable bonds is 7. The molecule has 1 amide bonds. The molecule has 98 valence electrons. The Balaban J connectivity index is 2.16. The smallest absolute Gasteiger partial charge is 0.239 e. The largest absolute Gasteiger partial charge is 0.392 e. The zero-order valence-corrected chi connectivity index (χ0v) is 10.7. The molecule has 0 unspecified atom stereocenters. The minimum absolute atomic E-state index is 0.102. The van der Waals surface area contributed by atoms with Crippen LogP contribution in [0, 0.1) is 0 Å².